The molecule has 8 heteroatoms. The van der Waals surface area contributed by atoms with E-state index < -0.39 is 0 Å². The van der Waals surface area contributed by atoms with Crippen molar-refractivity contribution in [2.75, 3.05) is 49.6 Å². The van der Waals surface area contributed by atoms with Gasteiger partial charge in [0.15, 0.2) is 0 Å². The monoisotopic (exact) mass is 385 g/mol. The third-order valence-electron chi connectivity index (χ3n) is 4.39. The summed E-state index contributed by atoms with van der Waals surface area (Å²) in [5.74, 6) is 2.23. The molecule has 28 heavy (non-hydrogen) atoms. The predicted octanol–water partition coefficient (Wildman–Crippen LogP) is 3.21. The maximum Gasteiger partial charge on any atom is 0.409 e. The topological polar surface area (TPSA) is 79.8 Å². The first kappa shape index (κ1) is 19.7. The first-order chi connectivity index (χ1) is 13.6. The van der Waals surface area contributed by atoms with E-state index in [1.165, 1.54) is 0 Å². The van der Waals surface area contributed by atoms with Crippen molar-refractivity contribution >= 4 is 23.5 Å². The van der Waals surface area contributed by atoms with Crippen molar-refractivity contribution in [3.05, 3.63) is 36.0 Å². The first-order valence-electron chi connectivity index (χ1n) is 9.61. The van der Waals surface area contributed by atoms with Gasteiger partial charge in [-0.05, 0) is 45.0 Å². The fraction of sp³-hybridized carbons (Fsp3) is 0.450. The van der Waals surface area contributed by atoms with Crippen LogP contribution in [0.25, 0.3) is 0 Å². The van der Waals surface area contributed by atoms with Crippen LogP contribution in [0.5, 0.6) is 5.75 Å². The van der Waals surface area contributed by atoms with Crippen molar-refractivity contribution in [3.63, 3.8) is 0 Å². The Balaban J connectivity index is 1.66. The van der Waals surface area contributed by atoms with E-state index in [0.29, 0.717) is 45.3 Å². The number of aryl methyl sites for hydroxylation is 1. The summed E-state index contributed by atoms with van der Waals surface area (Å²) in [6, 6.07) is 9.67. The third-order valence-corrected chi connectivity index (χ3v) is 4.39. The minimum atomic E-state index is -0.251. The molecule has 1 aromatic carbocycles. The molecule has 0 radical (unpaired) electrons. The average molecular weight is 385 g/mol. The second-order valence-corrected chi connectivity index (χ2v) is 6.45. The van der Waals surface area contributed by atoms with Gasteiger partial charge in [0.05, 0.1) is 13.2 Å². The van der Waals surface area contributed by atoms with E-state index in [2.05, 4.69) is 20.2 Å². The van der Waals surface area contributed by atoms with E-state index in [9.17, 15) is 4.79 Å². The van der Waals surface area contributed by atoms with Gasteiger partial charge in [0.25, 0.3) is 0 Å². The maximum absolute atomic E-state index is 11.9. The van der Waals surface area contributed by atoms with E-state index in [-0.39, 0.29) is 6.09 Å². The molecule has 1 aromatic heterocycles. The standard InChI is InChI=1S/C20H27N5O3/c1-4-27-17-8-6-16(7-9-17)22-19-21-15(3)14-18(23-19)24-10-12-25(13-11-24)20(26)28-5-2/h6-9,14H,4-5,10-13H2,1-3H3,(H,21,22,23). The Bertz CT molecular complexity index is 789. The molecule has 0 atom stereocenters. The fourth-order valence-corrected chi connectivity index (χ4v) is 3.03. The zero-order valence-electron chi connectivity index (χ0n) is 16.6. The molecule has 0 spiro atoms. The lowest BCUT2D eigenvalue weighted by molar-refractivity contribution is 0.105. The lowest BCUT2D eigenvalue weighted by atomic mass is 10.3. The van der Waals surface area contributed by atoms with Gasteiger partial charge in [-0.1, -0.05) is 0 Å². The van der Waals surface area contributed by atoms with Crippen LogP contribution in [0.4, 0.5) is 22.2 Å². The molecule has 0 aliphatic carbocycles. The summed E-state index contributed by atoms with van der Waals surface area (Å²) in [7, 11) is 0. The number of nitrogens with one attached hydrogen (secondary N) is 1. The van der Waals surface area contributed by atoms with Crippen LogP contribution in [0.2, 0.25) is 0 Å². The molecule has 1 fully saturated rings. The van der Waals surface area contributed by atoms with Gasteiger partial charge in [0.2, 0.25) is 5.95 Å². The molecule has 1 N–H and O–H groups in total. The van der Waals surface area contributed by atoms with Gasteiger partial charge >= 0.3 is 6.09 Å². The molecule has 150 valence electrons. The Labute approximate surface area is 165 Å². The summed E-state index contributed by atoms with van der Waals surface area (Å²) in [5, 5.41) is 3.25. The smallest absolute Gasteiger partial charge is 0.409 e. The molecule has 1 saturated heterocycles. The van der Waals surface area contributed by atoms with E-state index in [4.69, 9.17) is 9.47 Å². The normalized spacial score (nSPS) is 14.0. The summed E-state index contributed by atoms with van der Waals surface area (Å²) >= 11 is 0. The summed E-state index contributed by atoms with van der Waals surface area (Å²) in [4.78, 5) is 24.9. The number of carbonyl (C=O) groups excluding carboxylic acids is 1. The number of anilines is 3. The Kier molecular flexibility index (Phi) is 6.52. The fourth-order valence-electron chi connectivity index (χ4n) is 3.03. The third kappa shape index (κ3) is 5.03. The van der Waals surface area contributed by atoms with Crippen LogP contribution in [0, 0.1) is 6.92 Å². The van der Waals surface area contributed by atoms with Crippen molar-refractivity contribution < 1.29 is 14.3 Å². The Morgan fingerprint density at radius 1 is 1.07 bits per heavy atom. The summed E-state index contributed by atoms with van der Waals surface area (Å²) in [6.07, 6.45) is -0.251. The first-order valence-corrected chi connectivity index (χ1v) is 9.61. The summed E-state index contributed by atoms with van der Waals surface area (Å²) in [6.45, 7) is 9.40. The molecule has 2 aromatic rings. The summed E-state index contributed by atoms with van der Waals surface area (Å²) in [5.41, 5.74) is 1.78. The SMILES string of the molecule is CCOC(=O)N1CCN(c2cc(C)nc(Nc3ccc(OCC)cc3)n2)CC1. The second-order valence-electron chi connectivity index (χ2n) is 6.45. The van der Waals surface area contributed by atoms with Crippen LogP contribution in [-0.4, -0.2) is 60.4 Å². The second kappa shape index (κ2) is 9.25. The van der Waals surface area contributed by atoms with E-state index >= 15 is 0 Å². The highest BCUT2D eigenvalue weighted by Gasteiger charge is 2.23. The number of piperazine rings is 1. The van der Waals surface area contributed by atoms with Crippen molar-refractivity contribution in [3.8, 4) is 5.75 Å². The van der Waals surface area contributed by atoms with Gasteiger partial charge in [-0.3, -0.25) is 0 Å². The molecule has 1 aliphatic heterocycles. The molecule has 1 amide bonds. The Morgan fingerprint density at radius 3 is 2.43 bits per heavy atom. The number of benzene rings is 1. The molecule has 8 nitrogen and oxygen atoms in total. The molecular formula is C20H27N5O3. The molecule has 0 saturated carbocycles. The molecule has 0 unspecified atom stereocenters. The lowest BCUT2D eigenvalue weighted by Crippen LogP contribution is -2.49. The van der Waals surface area contributed by atoms with E-state index in [1.807, 2.05) is 51.1 Å². The van der Waals surface area contributed by atoms with Crippen LogP contribution < -0.4 is 15.0 Å². The van der Waals surface area contributed by atoms with Crippen molar-refractivity contribution in [1.29, 1.82) is 0 Å². The Hall–Kier alpha value is -3.03. The van der Waals surface area contributed by atoms with Gasteiger partial charge in [-0.25, -0.2) is 9.78 Å². The van der Waals surface area contributed by atoms with Crippen LogP contribution >= 0.6 is 0 Å². The number of rotatable bonds is 6. The number of hydrogen-bond acceptors (Lipinski definition) is 7. The van der Waals surface area contributed by atoms with Crippen LogP contribution in [-0.2, 0) is 4.74 Å². The van der Waals surface area contributed by atoms with Gasteiger partial charge < -0.3 is 24.6 Å². The number of aromatic nitrogens is 2. The van der Waals surface area contributed by atoms with Crippen molar-refractivity contribution in [2.45, 2.75) is 20.8 Å². The van der Waals surface area contributed by atoms with Crippen LogP contribution in [0.1, 0.15) is 19.5 Å². The zero-order chi connectivity index (χ0) is 19.9. The van der Waals surface area contributed by atoms with Crippen molar-refractivity contribution in [1.82, 2.24) is 14.9 Å². The minimum Gasteiger partial charge on any atom is -0.494 e. The predicted molar refractivity (Wildman–Crippen MR) is 108 cm³/mol. The highest BCUT2D eigenvalue weighted by Crippen LogP contribution is 2.21. The lowest BCUT2D eigenvalue weighted by Gasteiger charge is -2.34. The van der Waals surface area contributed by atoms with E-state index in [1.54, 1.807) is 4.90 Å². The molecule has 1 aliphatic rings. The highest BCUT2D eigenvalue weighted by molar-refractivity contribution is 5.68. The maximum atomic E-state index is 11.9. The number of ether oxygens (including phenoxy) is 2. The number of nitrogens with zero attached hydrogens (tertiary/aromatic N) is 4. The number of amides is 1. The Morgan fingerprint density at radius 2 is 1.79 bits per heavy atom. The zero-order valence-corrected chi connectivity index (χ0v) is 16.6. The van der Waals surface area contributed by atoms with Crippen LogP contribution in [0.3, 0.4) is 0 Å². The quantitative estimate of drug-likeness (QED) is 0.818. The highest BCUT2D eigenvalue weighted by atomic mass is 16.6. The van der Waals surface area contributed by atoms with Crippen molar-refractivity contribution in [2.24, 2.45) is 0 Å². The van der Waals surface area contributed by atoms with Gasteiger partial charge in [-0.2, -0.15) is 4.98 Å². The largest absolute Gasteiger partial charge is 0.494 e. The molecular weight excluding hydrogens is 358 g/mol. The van der Waals surface area contributed by atoms with Crippen LogP contribution in [0.15, 0.2) is 30.3 Å². The molecule has 2 heterocycles. The van der Waals surface area contributed by atoms with E-state index in [0.717, 1.165) is 22.9 Å². The number of carbonyl (C=O) groups is 1. The molecule has 3 rings (SSSR count). The van der Waals surface area contributed by atoms with Gasteiger partial charge in [-0.15, -0.1) is 0 Å². The molecule has 0 bridgehead atoms. The number of hydrogen-bond donors (Lipinski definition) is 1. The summed E-state index contributed by atoms with van der Waals surface area (Å²) < 4.78 is 10.5. The van der Waals surface area contributed by atoms with Gasteiger partial charge in [0.1, 0.15) is 11.6 Å². The van der Waals surface area contributed by atoms with Gasteiger partial charge in [0, 0.05) is 43.6 Å². The minimum absolute atomic E-state index is 0.251. The average Bonchev–Trinajstić information content (AvgIpc) is 2.69.